The number of halogens is 3. The number of benzene rings is 3. The van der Waals surface area contributed by atoms with Crippen molar-refractivity contribution in [3.63, 3.8) is 0 Å². The van der Waals surface area contributed by atoms with Gasteiger partial charge in [0.1, 0.15) is 23.9 Å². The molecule has 3 aromatic carbocycles. The van der Waals surface area contributed by atoms with Crippen molar-refractivity contribution in [3.8, 4) is 17.2 Å². The number of hydrogen-bond donors (Lipinski definition) is 0. The normalized spacial score (nSPS) is 14.0. The molecule has 1 aliphatic heterocycles. The Morgan fingerprint density at radius 1 is 1.03 bits per heavy atom. The van der Waals surface area contributed by atoms with Crippen molar-refractivity contribution >= 4 is 27.8 Å². The molecule has 152 valence electrons. The number of hydrogen-bond acceptors (Lipinski definition) is 4. The van der Waals surface area contributed by atoms with Crippen LogP contribution in [0.25, 0.3) is 6.08 Å². The zero-order valence-electron chi connectivity index (χ0n) is 15.5. The van der Waals surface area contributed by atoms with Crippen molar-refractivity contribution in [1.82, 2.24) is 0 Å². The van der Waals surface area contributed by atoms with Crippen LogP contribution < -0.4 is 14.2 Å². The molecular weight excluding hydrogens is 458 g/mol. The minimum atomic E-state index is -2.97. The van der Waals surface area contributed by atoms with Crippen molar-refractivity contribution in [1.29, 1.82) is 0 Å². The SMILES string of the molecule is O=C1/C(=C/c2ccccc2OC(F)F)Oc2cc(OCc3ccc(Br)cc3)ccc21. The standard InChI is InChI=1S/C23H15BrF2O4/c24-16-7-5-14(6-8-16)13-28-17-9-10-18-20(12-17)29-21(22(18)27)11-15-3-1-2-4-19(15)30-23(25)26/h1-12,23H,13H2/b21-11-. The van der Waals surface area contributed by atoms with Gasteiger partial charge in [0.2, 0.25) is 5.78 Å². The van der Waals surface area contributed by atoms with Crippen LogP contribution in [0.1, 0.15) is 21.5 Å². The molecule has 1 aliphatic rings. The summed E-state index contributed by atoms with van der Waals surface area (Å²) in [5.41, 5.74) is 1.69. The predicted octanol–water partition coefficient (Wildman–Crippen LogP) is 6.25. The van der Waals surface area contributed by atoms with E-state index in [1.165, 1.54) is 12.1 Å². The first-order chi connectivity index (χ1) is 14.5. The zero-order valence-corrected chi connectivity index (χ0v) is 17.1. The molecule has 0 radical (unpaired) electrons. The van der Waals surface area contributed by atoms with Crippen molar-refractivity contribution in [2.24, 2.45) is 0 Å². The molecule has 0 saturated carbocycles. The van der Waals surface area contributed by atoms with Gasteiger partial charge in [-0.2, -0.15) is 8.78 Å². The van der Waals surface area contributed by atoms with Crippen molar-refractivity contribution in [2.75, 3.05) is 0 Å². The van der Waals surface area contributed by atoms with Crippen LogP contribution in [0.4, 0.5) is 8.78 Å². The molecule has 0 N–H and O–H groups in total. The van der Waals surface area contributed by atoms with Crippen LogP contribution in [0, 0.1) is 0 Å². The highest BCUT2D eigenvalue weighted by molar-refractivity contribution is 9.10. The minimum absolute atomic E-state index is 0.0281. The zero-order chi connectivity index (χ0) is 21.1. The Balaban J connectivity index is 1.52. The van der Waals surface area contributed by atoms with Gasteiger partial charge in [0.25, 0.3) is 0 Å². The van der Waals surface area contributed by atoms with Crippen molar-refractivity contribution < 1.29 is 27.8 Å². The Hall–Kier alpha value is -3.19. The Kier molecular flexibility index (Phi) is 5.81. The molecule has 30 heavy (non-hydrogen) atoms. The first-order valence-corrected chi connectivity index (χ1v) is 9.78. The summed E-state index contributed by atoms with van der Waals surface area (Å²) in [6, 6.07) is 18.9. The molecule has 7 heteroatoms. The van der Waals surface area contributed by atoms with Gasteiger partial charge in [-0.05, 0) is 42.0 Å². The number of fused-ring (bicyclic) bond motifs is 1. The number of ether oxygens (including phenoxy) is 3. The van der Waals surface area contributed by atoms with E-state index in [4.69, 9.17) is 9.47 Å². The maximum Gasteiger partial charge on any atom is 0.387 e. The number of Topliss-reactive ketones (excluding diaryl/α,β-unsaturated/α-hetero) is 1. The lowest BCUT2D eigenvalue weighted by molar-refractivity contribution is -0.0499. The van der Waals surface area contributed by atoms with E-state index in [-0.39, 0.29) is 17.3 Å². The number of allylic oxidation sites excluding steroid dienone is 1. The number of alkyl halides is 2. The quantitative estimate of drug-likeness (QED) is 0.398. The van der Waals surface area contributed by atoms with E-state index in [0.29, 0.717) is 29.2 Å². The van der Waals surface area contributed by atoms with E-state index < -0.39 is 6.61 Å². The number of carbonyl (C=O) groups is 1. The summed E-state index contributed by atoms with van der Waals surface area (Å²) in [6.07, 6.45) is 1.39. The second-order valence-electron chi connectivity index (χ2n) is 6.43. The third kappa shape index (κ3) is 4.52. The lowest BCUT2D eigenvalue weighted by Gasteiger charge is -2.08. The predicted molar refractivity (Wildman–Crippen MR) is 111 cm³/mol. The largest absolute Gasteiger partial charge is 0.489 e. The smallest absolute Gasteiger partial charge is 0.387 e. The Labute approximate surface area is 179 Å². The highest BCUT2D eigenvalue weighted by Crippen LogP contribution is 2.36. The minimum Gasteiger partial charge on any atom is -0.489 e. The maximum absolute atomic E-state index is 12.6. The summed E-state index contributed by atoms with van der Waals surface area (Å²) in [5, 5.41) is 0. The fourth-order valence-corrected chi connectivity index (χ4v) is 3.21. The van der Waals surface area contributed by atoms with Crippen LogP contribution in [0.15, 0.2) is 77.0 Å². The van der Waals surface area contributed by atoms with E-state index in [2.05, 4.69) is 20.7 Å². The maximum atomic E-state index is 12.6. The number of carbonyl (C=O) groups excluding carboxylic acids is 1. The van der Waals surface area contributed by atoms with Gasteiger partial charge in [-0.25, -0.2) is 0 Å². The van der Waals surface area contributed by atoms with Gasteiger partial charge in [-0.3, -0.25) is 4.79 Å². The molecule has 4 rings (SSSR count). The molecule has 4 nitrogen and oxygen atoms in total. The fraction of sp³-hybridized carbons (Fsp3) is 0.0870. The fourth-order valence-electron chi connectivity index (χ4n) is 2.95. The highest BCUT2D eigenvalue weighted by Gasteiger charge is 2.28. The van der Waals surface area contributed by atoms with E-state index >= 15 is 0 Å². The third-order valence-corrected chi connectivity index (χ3v) is 4.91. The van der Waals surface area contributed by atoms with Gasteiger partial charge in [-0.15, -0.1) is 0 Å². The summed E-state index contributed by atoms with van der Waals surface area (Å²) in [6.45, 7) is -2.60. The average molecular weight is 473 g/mol. The van der Waals surface area contributed by atoms with Crippen LogP contribution in [-0.2, 0) is 6.61 Å². The molecule has 1 heterocycles. The van der Waals surface area contributed by atoms with Gasteiger partial charge < -0.3 is 14.2 Å². The second-order valence-corrected chi connectivity index (χ2v) is 7.34. The van der Waals surface area contributed by atoms with Crippen molar-refractivity contribution in [2.45, 2.75) is 13.2 Å². The number of para-hydroxylation sites is 1. The van der Waals surface area contributed by atoms with Crippen LogP contribution in [0.5, 0.6) is 17.2 Å². The van der Waals surface area contributed by atoms with Crippen LogP contribution in [0.2, 0.25) is 0 Å². The first kappa shape index (κ1) is 20.1. The summed E-state index contributed by atoms with van der Waals surface area (Å²) < 4.78 is 42.2. The molecule has 3 aromatic rings. The van der Waals surface area contributed by atoms with Gasteiger partial charge >= 0.3 is 6.61 Å². The van der Waals surface area contributed by atoms with Gasteiger partial charge in [0, 0.05) is 16.1 Å². The molecule has 0 unspecified atom stereocenters. The molecule has 0 spiro atoms. The average Bonchev–Trinajstić information content (AvgIpc) is 3.03. The Morgan fingerprint density at radius 2 is 1.80 bits per heavy atom. The summed E-state index contributed by atoms with van der Waals surface area (Å²) >= 11 is 3.39. The van der Waals surface area contributed by atoms with Crippen LogP contribution >= 0.6 is 15.9 Å². The van der Waals surface area contributed by atoms with Gasteiger partial charge in [0.05, 0.1) is 5.56 Å². The summed E-state index contributed by atoms with van der Waals surface area (Å²) in [5.74, 6) is 0.557. The van der Waals surface area contributed by atoms with Crippen LogP contribution in [-0.4, -0.2) is 12.4 Å². The van der Waals surface area contributed by atoms with E-state index in [1.807, 2.05) is 24.3 Å². The van der Waals surface area contributed by atoms with Crippen molar-refractivity contribution in [3.05, 3.63) is 93.7 Å². The summed E-state index contributed by atoms with van der Waals surface area (Å²) in [7, 11) is 0. The molecule has 0 bridgehead atoms. The topological polar surface area (TPSA) is 44.8 Å². The second kappa shape index (κ2) is 8.67. The Morgan fingerprint density at radius 3 is 2.57 bits per heavy atom. The van der Waals surface area contributed by atoms with E-state index in [1.54, 1.807) is 36.4 Å². The monoisotopic (exact) mass is 472 g/mol. The van der Waals surface area contributed by atoms with Gasteiger partial charge in [-0.1, -0.05) is 46.3 Å². The molecule has 0 aliphatic carbocycles. The lowest BCUT2D eigenvalue weighted by Crippen LogP contribution is -2.04. The Bertz CT molecular complexity index is 1110. The molecule has 0 saturated heterocycles. The molecule has 0 amide bonds. The lowest BCUT2D eigenvalue weighted by atomic mass is 10.1. The molecule has 0 atom stereocenters. The molecule has 0 aromatic heterocycles. The third-order valence-electron chi connectivity index (χ3n) is 4.38. The molecular formula is C23H15BrF2O4. The summed E-state index contributed by atoms with van der Waals surface area (Å²) in [4.78, 5) is 12.6. The highest BCUT2D eigenvalue weighted by atomic mass is 79.9. The number of rotatable bonds is 6. The van der Waals surface area contributed by atoms with Gasteiger partial charge in [0.15, 0.2) is 5.76 Å². The first-order valence-electron chi connectivity index (χ1n) is 8.99. The number of ketones is 1. The van der Waals surface area contributed by atoms with Crippen LogP contribution in [0.3, 0.4) is 0 Å². The van der Waals surface area contributed by atoms with E-state index in [9.17, 15) is 13.6 Å². The molecule has 0 fully saturated rings. The van der Waals surface area contributed by atoms with E-state index in [0.717, 1.165) is 10.0 Å².